The molecule has 4 nitrogen and oxygen atoms in total. The zero-order valence-corrected chi connectivity index (χ0v) is 12.2. The fourth-order valence-corrected chi connectivity index (χ4v) is 2.97. The number of ether oxygens (including phenoxy) is 1. The van der Waals surface area contributed by atoms with E-state index in [2.05, 4.69) is 35.9 Å². The minimum atomic E-state index is 0.369. The van der Waals surface area contributed by atoms with Crippen molar-refractivity contribution in [2.45, 2.75) is 45.4 Å². The maximum absolute atomic E-state index is 5.87. The van der Waals surface area contributed by atoms with Gasteiger partial charge in [0.2, 0.25) is 0 Å². The van der Waals surface area contributed by atoms with Crippen molar-refractivity contribution in [2.24, 2.45) is 0 Å². The Balaban J connectivity index is 1.77. The summed E-state index contributed by atoms with van der Waals surface area (Å²) in [4.78, 5) is 5.21. The van der Waals surface area contributed by atoms with Crippen LogP contribution in [0.4, 0.5) is 0 Å². The zero-order chi connectivity index (χ0) is 13.0. The minimum absolute atomic E-state index is 0.369. The molecule has 0 aliphatic carbocycles. The highest BCUT2D eigenvalue weighted by atomic mass is 16.5. The van der Waals surface area contributed by atoms with E-state index in [1.165, 1.54) is 32.6 Å². The Morgan fingerprint density at radius 1 is 1.17 bits per heavy atom. The Morgan fingerprint density at radius 2 is 1.83 bits per heavy atom. The standard InChI is InChI=1S/C14H29N3O/c1-4-12(2)16-6-8-17(9-7-16)13(3)14-11-15-5-10-18-14/h12-15H,4-11H2,1-3H3. The summed E-state index contributed by atoms with van der Waals surface area (Å²) >= 11 is 0. The molecule has 4 heteroatoms. The molecule has 2 aliphatic heterocycles. The highest BCUT2D eigenvalue weighted by Gasteiger charge is 2.29. The van der Waals surface area contributed by atoms with Gasteiger partial charge in [-0.2, -0.15) is 0 Å². The topological polar surface area (TPSA) is 27.7 Å². The van der Waals surface area contributed by atoms with Crippen LogP contribution in [0.25, 0.3) is 0 Å². The minimum Gasteiger partial charge on any atom is -0.374 e. The van der Waals surface area contributed by atoms with Crippen LogP contribution in [0.15, 0.2) is 0 Å². The van der Waals surface area contributed by atoms with Gasteiger partial charge in [0.05, 0.1) is 12.7 Å². The first kappa shape index (κ1) is 14.3. The van der Waals surface area contributed by atoms with Crippen molar-refractivity contribution >= 4 is 0 Å². The van der Waals surface area contributed by atoms with Crippen molar-refractivity contribution in [2.75, 3.05) is 45.9 Å². The Hall–Kier alpha value is -0.160. The molecule has 0 aromatic rings. The average Bonchev–Trinajstić information content (AvgIpc) is 2.47. The summed E-state index contributed by atoms with van der Waals surface area (Å²) in [6.45, 7) is 14.6. The van der Waals surface area contributed by atoms with Crippen LogP contribution < -0.4 is 5.32 Å². The van der Waals surface area contributed by atoms with Crippen molar-refractivity contribution in [1.29, 1.82) is 0 Å². The van der Waals surface area contributed by atoms with Gasteiger partial charge in [-0.3, -0.25) is 9.80 Å². The third kappa shape index (κ3) is 3.44. The van der Waals surface area contributed by atoms with E-state index >= 15 is 0 Å². The lowest BCUT2D eigenvalue weighted by molar-refractivity contribution is -0.0396. The van der Waals surface area contributed by atoms with Gasteiger partial charge >= 0.3 is 0 Å². The third-order valence-corrected chi connectivity index (χ3v) is 4.63. The molecule has 2 heterocycles. The molecule has 0 saturated carbocycles. The summed E-state index contributed by atoms with van der Waals surface area (Å²) in [6, 6.07) is 1.27. The number of hydrogen-bond acceptors (Lipinski definition) is 4. The summed E-state index contributed by atoms with van der Waals surface area (Å²) in [5, 5.41) is 3.43. The van der Waals surface area contributed by atoms with Gasteiger partial charge in [-0.05, 0) is 20.3 Å². The number of hydrogen-bond donors (Lipinski definition) is 1. The molecular formula is C14H29N3O. The van der Waals surface area contributed by atoms with Crippen LogP contribution in [-0.4, -0.2) is 73.9 Å². The molecule has 106 valence electrons. The molecule has 0 radical (unpaired) electrons. The van der Waals surface area contributed by atoms with Gasteiger partial charge in [0.1, 0.15) is 0 Å². The van der Waals surface area contributed by atoms with Crippen LogP contribution in [-0.2, 0) is 4.74 Å². The third-order valence-electron chi connectivity index (χ3n) is 4.63. The SMILES string of the molecule is CCC(C)N1CCN(C(C)C2CNCCO2)CC1. The lowest BCUT2D eigenvalue weighted by atomic mass is 10.1. The Labute approximate surface area is 112 Å². The number of nitrogens with zero attached hydrogens (tertiary/aromatic N) is 2. The first-order valence-corrected chi connectivity index (χ1v) is 7.52. The molecule has 2 rings (SSSR count). The highest BCUT2D eigenvalue weighted by molar-refractivity contribution is 4.85. The molecule has 2 saturated heterocycles. The highest BCUT2D eigenvalue weighted by Crippen LogP contribution is 2.15. The van der Waals surface area contributed by atoms with Gasteiger partial charge in [-0.25, -0.2) is 0 Å². The summed E-state index contributed by atoms with van der Waals surface area (Å²) < 4.78 is 5.87. The van der Waals surface area contributed by atoms with Crippen molar-refractivity contribution in [3.05, 3.63) is 0 Å². The first-order valence-electron chi connectivity index (χ1n) is 7.52. The van der Waals surface area contributed by atoms with E-state index in [-0.39, 0.29) is 0 Å². The molecule has 0 amide bonds. The van der Waals surface area contributed by atoms with E-state index in [9.17, 15) is 0 Å². The Kier molecular flexibility index (Phi) is 5.42. The molecule has 1 N–H and O–H groups in total. The monoisotopic (exact) mass is 255 g/mol. The average molecular weight is 255 g/mol. The van der Waals surface area contributed by atoms with Crippen LogP contribution in [0.2, 0.25) is 0 Å². The molecular weight excluding hydrogens is 226 g/mol. The quantitative estimate of drug-likeness (QED) is 0.803. The van der Waals surface area contributed by atoms with Crippen LogP contribution >= 0.6 is 0 Å². The second kappa shape index (κ2) is 6.85. The largest absolute Gasteiger partial charge is 0.374 e. The van der Waals surface area contributed by atoms with Gasteiger partial charge in [0.25, 0.3) is 0 Å². The molecule has 0 aromatic carbocycles. The van der Waals surface area contributed by atoms with E-state index in [1.807, 2.05) is 0 Å². The van der Waals surface area contributed by atoms with Crippen molar-refractivity contribution in [3.8, 4) is 0 Å². The molecule has 0 aromatic heterocycles. The van der Waals surface area contributed by atoms with E-state index in [4.69, 9.17) is 4.74 Å². The second-order valence-electron chi connectivity index (χ2n) is 5.68. The zero-order valence-electron chi connectivity index (χ0n) is 12.2. The van der Waals surface area contributed by atoms with Gasteiger partial charge in [0, 0.05) is 51.4 Å². The van der Waals surface area contributed by atoms with Gasteiger partial charge in [0.15, 0.2) is 0 Å². The molecule has 0 bridgehead atoms. The van der Waals surface area contributed by atoms with Gasteiger partial charge in [-0.1, -0.05) is 6.92 Å². The molecule has 0 spiro atoms. The molecule has 2 aliphatic rings. The van der Waals surface area contributed by atoms with Crippen LogP contribution in [0.3, 0.4) is 0 Å². The predicted octanol–water partition coefficient (Wildman–Crippen LogP) is 0.779. The number of nitrogens with one attached hydrogen (secondary N) is 1. The van der Waals surface area contributed by atoms with Crippen molar-refractivity contribution < 1.29 is 4.74 Å². The number of piperazine rings is 1. The van der Waals surface area contributed by atoms with Crippen LogP contribution in [0, 0.1) is 0 Å². The van der Waals surface area contributed by atoms with E-state index < -0.39 is 0 Å². The van der Waals surface area contributed by atoms with Crippen molar-refractivity contribution in [1.82, 2.24) is 15.1 Å². The summed E-state index contributed by atoms with van der Waals surface area (Å²) in [5.74, 6) is 0. The van der Waals surface area contributed by atoms with E-state index in [1.54, 1.807) is 0 Å². The molecule has 2 fully saturated rings. The number of morpholine rings is 1. The smallest absolute Gasteiger partial charge is 0.0852 e. The fraction of sp³-hybridized carbons (Fsp3) is 1.00. The lowest BCUT2D eigenvalue weighted by Gasteiger charge is -2.43. The molecule has 18 heavy (non-hydrogen) atoms. The summed E-state index contributed by atoms with van der Waals surface area (Å²) in [7, 11) is 0. The predicted molar refractivity (Wildman–Crippen MR) is 75.0 cm³/mol. The molecule has 3 unspecified atom stereocenters. The van der Waals surface area contributed by atoms with Gasteiger partial charge < -0.3 is 10.1 Å². The van der Waals surface area contributed by atoms with Crippen LogP contribution in [0.1, 0.15) is 27.2 Å². The lowest BCUT2D eigenvalue weighted by Crippen LogP contribution is -2.57. The second-order valence-corrected chi connectivity index (χ2v) is 5.68. The van der Waals surface area contributed by atoms with E-state index in [0.717, 1.165) is 25.7 Å². The Bertz CT molecular complexity index is 235. The van der Waals surface area contributed by atoms with Crippen LogP contribution in [0.5, 0.6) is 0 Å². The first-order chi connectivity index (χ1) is 8.72. The summed E-state index contributed by atoms with van der Waals surface area (Å²) in [5.41, 5.74) is 0. The molecule has 3 atom stereocenters. The van der Waals surface area contributed by atoms with Gasteiger partial charge in [-0.15, -0.1) is 0 Å². The number of rotatable bonds is 4. The summed E-state index contributed by atoms with van der Waals surface area (Å²) in [6.07, 6.45) is 1.62. The fourth-order valence-electron chi connectivity index (χ4n) is 2.97. The van der Waals surface area contributed by atoms with Crippen molar-refractivity contribution in [3.63, 3.8) is 0 Å². The Morgan fingerprint density at radius 3 is 2.39 bits per heavy atom. The van der Waals surface area contributed by atoms with E-state index in [0.29, 0.717) is 12.1 Å². The normalized spacial score (nSPS) is 31.2. The maximum Gasteiger partial charge on any atom is 0.0852 e. The maximum atomic E-state index is 5.87.